The minimum absolute atomic E-state index is 0.0794. The normalized spacial score (nSPS) is 24.8. The number of aliphatic hydroxyl groups is 1. The quantitative estimate of drug-likeness (QED) is 0.750. The first-order valence-electron chi connectivity index (χ1n) is 7.93. The van der Waals surface area contributed by atoms with Crippen LogP contribution in [0.1, 0.15) is 35.5 Å². The first kappa shape index (κ1) is 13.0. The molecule has 1 aliphatic carbocycles. The van der Waals surface area contributed by atoms with Crippen molar-refractivity contribution in [2.24, 2.45) is 5.92 Å². The van der Waals surface area contributed by atoms with Crippen LogP contribution >= 0.6 is 0 Å². The Hall–Kier alpha value is -2.53. The molecule has 3 unspecified atom stereocenters. The molecule has 1 N–H and O–H groups in total. The Morgan fingerprint density at radius 3 is 2.96 bits per heavy atom. The number of benzene rings is 1. The van der Waals surface area contributed by atoms with Gasteiger partial charge in [0.25, 0.3) is 0 Å². The van der Waals surface area contributed by atoms with Gasteiger partial charge >= 0.3 is 0 Å². The molecule has 0 radical (unpaired) electrons. The van der Waals surface area contributed by atoms with Crippen molar-refractivity contribution in [2.75, 3.05) is 0 Å². The van der Waals surface area contributed by atoms with Crippen molar-refractivity contribution < 1.29 is 5.11 Å². The van der Waals surface area contributed by atoms with Gasteiger partial charge in [0.15, 0.2) is 0 Å². The van der Waals surface area contributed by atoms with Crippen LogP contribution in [-0.4, -0.2) is 24.6 Å². The van der Waals surface area contributed by atoms with E-state index >= 15 is 0 Å². The van der Waals surface area contributed by atoms with Gasteiger partial charge in [-0.15, -0.1) is 0 Å². The third kappa shape index (κ3) is 1.74. The van der Waals surface area contributed by atoms with Gasteiger partial charge < -0.3 is 9.67 Å². The molecular weight excluding hydrogens is 288 g/mol. The smallest absolute Gasteiger partial charge is 0.103 e. The molecule has 3 atom stereocenters. The Morgan fingerprint density at radius 1 is 1.13 bits per heavy atom. The first-order chi connectivity index (χ1) is 11.3. The molecule has 0 spiro atoms. The fourth-order valence-corrected chi connectivity index (χ4v) is 4.12. The minimum atomic E-state index is -0.598. The zero-order valence-electron chi connectivity index (χ0n) is 12.5. The van der Waals surface area contributed by atoms with Crippen LogP contribution in [0.15, 0.2) is 49.2 Å². The topological polar surface area (TPSA) is 63.8 Å². The van der Waals surface area contributed by atoms with Gasteiger partial charge in [-0.05, 0) is 18.4 Å². The van der Waals surface area contributed by atoms with Gasteiger partial charge in [0.1, 0.15) is 6.10 Å². The zero-order valence-corrected chi connectivity index (χ0v) is 12.5. The van der Waals surface area contributed by atoms with Crippen molar-refractivity contribution in [3.05, 3.63) is 66.1 Å². The number of imidazole rings is 1. The molecule has 5 nitrogen and oxygen atoms in total. The Balaban J connectivity index is 1.64. The largest absolute Gasteiger partial charge is 0.386 e. The summed E-state index contributed by atoms with van der Waals surface area (Å²) in [5.74, 6) is 0.0794. The Bertz CT molecular complexity index is 888. The molecule has 0 fully saturated rings. The summed E-state index contributed by atoms with van der Waals surface area (Å²) in [6, 6.07) is 8.51. The SMILES string of the molecule is OC1c2nccnc2CCC1C1c2ccccc2-c2cncn21. The summed E-state index contributed by atoms with van der Waals surface area (Å²) in [5.41, 5.74) is 5.26. The number of nitrogens with zero attached hydrogens (tertiary/aromatic N) is 4. The van der Waals surface area contributed by atoms with E-state index in [1.54, 1.807) is 12.4 Å². The van der Waals surface area contributed by atoms with Crippen LogP contribution in [0.25, 0.3) is 11.3 Å². The van der Waals surface area contributed by atoms with E-state index in [2.05, 4.69) is 43.8 Å². The lowest BCUT2D eigenvalue weighted by Gasteiger charge is -2.33. The number of fused-ring (bicyclic) bond motifs is 4. The number of hydrogen-bond donors (Lipinski definition) is 1. The van der Waals surface area contributed by atoms with Gasteiger partial charge in [0.2, 0.25) is 0 Å². The average molecular weight is 304 g/mol. The van der Waals surface area contributed by atoms with Crippen molar-refractivity contribution in [3.63, 3.8) is 0 Å². The van der Waals surface area contributed by atoms with E-state index in [-0.39, 0.29) is 12.0 Å². The van der Waals surface area contributed by atoms with Crippen LogP contribution in [0.4, 0.5) is 0 Å². The predicted molar refractivity (Wildman–Crippen MR) is 84.6 cm³/mol. The van der Waals surface area contributed by atoms with E-state index in [4.69, 9.17) is 0 Å². The molecule has 2 aromatic heterocycles. The van der Waals surface area contributed by atoms with Crippen LogP contribution < -0.4 is 0 Å². The van der Waals surface area contributed by atoms with Gasteiger partial charge in [-0.2, -0.15) is 0 Å². The van der Waals surface area contributed by atoms with Crippen LogP contribution in [0, 0.1) is 5.92 Å². The zero-order chi connectivity index (χ0) is 15.4. The Morgan fingerprint density at radius 2 is 2.00 bits per heavy atom. The molecule has 0 saturated heterocycles. The second kappa shape index (κ2) is 4.73. The van der Waals surface area contributed by atoms with E-state index in [0.29, 0.717) is 0 Å². The summed E-state index contributed by atoms with van der Waals surface area (Å²) in [5, 5.41) is 10.9. The van der Waals surface area contributed by atoms with E-state index in [9.17, 15) is 5.11 Å². The summed E-state index contributed by atoms with van der Waals surface area (Å²) in [6.45, 7) is 0. The van der Waals surface area contributed by atoms with Crippen LogP contribution in [-0.2, 0) is 6.42 Å². The van der Waals surface area contributed by atoms with Crippen molar-refractivity contribution in [1.29, 1.82) is 0 Å². The highest BCUT2D eigenvalue weighted by Gasteiger charge is 2.41. The maximum absolute atomic E-state index is 10.9. The van der Waals surface area contributed by atoms with Gasteiger partial charge in [-0.1, -0.05) is 24.3 Å². The molecule has 0 amide bonds. The molecule has 3 aromatic rings. The van der Waals surface area contributed by atoms with Crippen LogP contribution in [0.3, 0.4) is 0 Å². The van der Waals surface area contributed by atoms with E-state index in [0.717, 1.165) is 29.9 Å². The number of aryl methyl sites for hydroxylation is 1. The lowest BCUT2D eigenvalue weighted by Crippen LogP contribution is -2.29. The lowest BCUT2D eigenvalue weighted by molar-refractivity contribution is 0.0669. The molecule has 5 heteroatoms. The van der Waals surface area contributed by atoms with Gasteiger partial charge in [0, 0.05) is 23.9 Å². The summed E-state index contributed by atoms with van der Waals surface area (Å²) in [6.07, 6.45) is 8.29. The minimum Gasteiger partial charge on any atom is -0.386 e. The average Bonchev–Trinajstić information content (AvgIpc) is 3.17. The first-order valence-corrected chi connectivity index (χ1v) is 7.93. The summed E-state index contributed by atoms with van der Waals surface area (Å²) < 4.78 is 2.19. The summed E-state index contributed by atoms with van der Waals surface area (Å²) in [4.78, 5) is 13.1. The fraction of sp³-hybridized carbons (Fsp3) is 0.278. The van der Waals surface area contributed by atoms with E-state index in [1.807, 2.05) is 12.5 Å². The third-order valence-corrected chi connectivity index (χ3v) is 5.13. The monoisotopic (exact) mass is 304 g/mol. The van der Waals surface area contributed by atoms with Gasteiger partial charge in [0.05, 0.1) is 35.6 Å². The maximum Gasteiger partial charge on any atom is 0.103 e. The molecule has 2 aliphatic rings. The summed E-state index contributed by atoms with van der Waals surface area (Å²) >= 11 is 0. The maximum atomic E-state index is 10.9. The van der Waals surface area contributed by atoms with Crippen molar-refractivity contribution in [2.45, 2.75) is 25.0 Å². The van der Waals surface area contributed by atoms with Gasteiger partial charge in [-0.3, -0.25) is 9.97 Å². The Labute approximate surface area is 133 Å². The lowest BCUT2D eigenvalue weighted by atomic mass is 9.79. The molecule has 23 heavy (non-hydrogen) atoms. The highest BCUT2D eigenvalue weighted by Crippen LogP contribution is 2.49. The third-order valence-electron chi connectivity index (χ3n) is 5.13. The Kier molecular flexibility index (Phi) is 2.67. The van der Waals surface area contributed by atoms with Crippen molar-refractivity contribution in [1.82, 2.24) is 19.5 Å². The number of aliphatic hydroxyl groups excluding tert-OH is 1. The predicted octanol–water partition coefficient (Wildman–Crippen LogP) is 2.54. The number of aromatic nitrogens is 4. The van der Waals surface area contributed by atoms with Crippen molar-refractivity contribution >= 4 is 0 Å². The fourth-order valence-electron chi connectivity index (χ4n) is 4.12. The molecule has 1 aliphatic heterocycles. The molecule has 1 aromatic carbocycles. The molecule has 114 valence electrons. The van der Waals surface area contributed by atoms with Gasteiger partial charge in [-0.25, -0.2) is 4.98 Å². The molecule has 0 bridgehead atoms. The second-order valence-corrected chi connectivity index (χ2v) is 6.25. The highest BCUT2D eigenvalue weighted by molar-refractivity contribution is 5.69. The molecule has 0 saturated carbocycles. The molecule has 3 heterocycles. The molecule has 5 rings (SSSR count). The van der Waals surface area contributed by atoms with Crippen LogP contribution in [0.5, 0.6) is 0 Å². The second-order valence-electron chi connectivity index (χ2n) is 6.25. The molecular formula is C18H16N4O. The highest BCUT2D eigenvalue weighted by atomic mass is 16.3. The standard InChI is InChI=1S/C18H16N4O/c23-18-13(5-6-14-16(18)21-8-7-20-14)17-12-4-2-1-3-11(12)15-9-19-10-22(15)17/h1-4,7-10,13,17-18,23H,5-6H2. The number of hydrogen-bond acceptors (Lipinski definition) is 4. The number of rotatable bonds is 1. The van der Waals surface area contributed by atoms with E-state index in [1.165, 1.54) is 11.1 Å². The van der Waals surface area contributed by atoms with E-state index < -0.39 is 6.10 Å². The van der Waals surface area contributed by atoms with Crippen molar-refractivity contribution in [3.8, 4) is 11.3 Å². The van der Waals surface area contributed by atoms with Crippen LogP contribution in [0.2, 0.25) is 0 Å². The summed E-state index contributed by atoms with van der Waals surface area (Å²) in [7, 11) is 0.